The molecule has 0 saturated carbocycles. The van der Waals surface area contributed by atoms with E-state index < -0.39 is 50.7 Å². The summed E-state index contributed by atoms with van der Waals surface area (Å²) in [5, 5.41) is 37.8. The van der Waals surface area contributed by atoms with E-state index in [1.54, 1.807) is 6.07 Å². The third kappa shape index (κ3) is 5.48. The normalized spacial score (nSPS) is 26.0. The summed E-state index contributed by atoms with van der Waals surface area (Å²) in [5.74, 6) is -0.145. The minimum atomic E-state index is -2.95. The van der Waals surface area contributed by atoms with Gasteiger partial charge in [0.1, 0.15) is 42.3 Å². The fourth-order valence-electron chi connectivity index (χ4n) is 3.83. The van der Waals surface area contributed by atoms with Crippen LogP contribution in [0.2, 0.25) is 0 Å². The molecule has 3 heterocycles. The maximum absolute atomic E-state index is 12.4. The number of nitrogens with zero attached hydrogens (tertiary/aromatic N) is 4. The highest BCUT2D eigenvalue weighted by Gasteiger charge is 2.57. The van der Waals surface area contributed by atoms with Crippen LogP contribution in [0.4, 0.5) is 5.82 Å². The highest BCUT2D eigenvalue weighted by Crippen LogP contribution is 2.41. The zero-order valence-corrected chi connectivity index (χ0v) is 20.7. The van der Waals surface area contributed by atoms with Crippen LogP contribution in [0.1, 0.15) is 39.3 Å². The van der Waals surface area contributed by atoms with Gasteiger partial charge in [-0.2, -0.15) is 10.4 Å². The Labute approximate surface area is 203 Å². The fraction of sp³-hybridized carbons (Fsp3) is 0.619. The number of aliphatic hydroxyl groups excluding tert-OH is 2. The molecule has 0 radical (unpaired) electrons. The Morgan fingerprint density at radius 1 is 1.43 bits per heavy atom. The number of nitrogen functional groups attached to an aromatic ring is 1. The third-order valence-electron chi connectivity index (χ3n) is 6.17. The molecular weight excluding hydrogens is 479 g/mol. The van der Waals surface area contributed by atoms with Crippen LogP contribution in [0.25, 0.3) is 5.52 Å². The quantitative estimate of drug-likeness (QED) is 0.242. The highest BCUT2D eigenvalue weighted by molar-refractivity contribution is 7.36. The molecule has 0 aliphatic carbocycles. The van der Waals surface area contributed by atoms with Gasteiger partial charge in [-0.15, -0.1) is 0 Å². The molecular formula is C21H31N6O7P. The summed E-state index contributed by atoms with van der Waals surface area (Å²) < 4.78 is 29.9. The number of anilines is 1. The molecule has 0 aromatic carbocycles. The molecule has 35 heavy (non-hydrogen) atoms. The van der Waals surface area contributed by atoms with Crippen molar-refractivity contribution in [3.8, 4) is 6.07 Å². The number of carbonyl (C=O) groups excluding carboxylic acids is 1. The van der Waals surface area contributed by atoms with Crippen molar-refractivity contribution < 1.29 is 33.6 Å². The first-order valence-electron chi connectivity index (χ1n) is 11.3. The summed E-state index contributed by atoms with van der Waals surface area (Å²) in [6, 6.07) is 4.08. The Kier molecular flexibility index (Phi) is 8.82. The molecule has 1 aliphatic rings. The van der Waals surface area contributed by atoms with Gasteiger partial charge in [-0.1, -0.05) is 26.7 Å². The molecule has 14 heteroatoms. The maximum atomic E-state index is 12.4. The molecule has 5 N–H and O–H groups in total. The minimum absolute atomic E-state index is 0.137. The van der Waals surface area contributed by atoms with Crippen LogP contribution in [0.15, 0.2) is 18.5 Å². The smallest absolute Gasteiger partial charge is 0.323 e. The molecule has 0 spiro atoms. The number of aromatic nitrogens is 3. The summed E-state index contributed by atoms with van der Waals surface area (Å²) in [7, 11) is -2.95. The summed E-state index contributed by atoms with van der Waals surface area (Å²) in [6.45, 7) is 5.38. The van der Waals surface area contributed by atoms with Gasteiger partial charge in [-0.3, -0.25) is 9.36 Å². The Hall–Kier alpha value is -2.59. The van der Waals surface area contributed by atoms with Crippen LogP contribution in [0.5, 0.6) is 0 Å². The third-order valence-corrected chi connectivity index (χ3v) is 7.27. The zero-order valence-electron chi connectivity index (χ0n) is 19.7. The molecule has 1 aliphatic heterocycles. The zero-order chi connectivity index (χ0) is 25.8. The summed E-state index contributed by atoms with van der Waals surface area (Å²) in [5.41, 5.74) is 4.37. The number of ether oxygens (including phenoxy) is 2. The molecule has 192 valence electrons. The summed E-state index contributed by atoms with van der Waals surface area (Å²) in [4.78, 5) is 16.0. The van der Waals surface area contributed by atoms with Crippen LogP contribution in [0, 0.1) is 17.2 Å². The number of fused-ring (bicyclic) bond motifs is 1. The van der Waals surface area contributed by atoms with Gasteiger partial charge in [0, 0.05) is 0 Å². The van der Waals surface area contributed by atoms with Crippen molar-refractivity contribution in [3.63, 3.8) is 0 Å². The van der Waals surface area contributed by atoms with Gasteiger partial charge in [-0.25, -0.2) is 14.6 Å². The summed E-state index contributed by atoms with van der Waals surface area (Å²) >= 11 is 0. The van der Waals surface area contributed by atoms with E-state index >= 15 is 0 Å². The highest BCUT2D eigenvalue weighted by atomic mass is 31.1. The standard InChI is InChI=1S/C21H31N6O7P/c1-4-13(5-2)8-32-20(30)12(3)26-35(31)33-9-15-17(28)18(29)21(10-22,34-15)16-7-6-14-19(23)24-11-25-27(14)16/h6-7,11-13,15,17-18,28-29,35H,4-5,8-9H2,1-3H3,(H,26,31)(H2,23,24,25)/t12-,15+,17+,18+,21-/m0/s1. The van der Waals surface area contributed by atoms with Crippen LogP contribution in [-0.4, -0.2) is 68.3 Å². The number of esters is 1. The van der Waals surface area contributed by atoms with Gasteiger partial charge >= 0.3 is 5.97 Å². The first kappa shape index (κ1) is 27.0. The Morgan fingerprint density at radius 3 is 2.80 bits per heavy atom. The second-order valence-electron chi connectivity index (χ2n) is 8.38. The van der Waals surface area contributed by atoms with E-state index in [-0.39, 0.29) is 24.0 Å². The topological polar surface area (TPSA) is 194 Å². The molecule has 1 fully saturated rings. The predicted molar refractivity (Wildman–Crippen MR) is 124 cm³/mol. The van der Waals surface area contributed by atoms with Gasteiger partial charge in [0.25, 0.3) is 8.18 Å². The number of rotatable bonds is 11. The fourth-order valence-corrected chi connectivity index (χ4v) is 4.71. The first-order valence-corrected chi connectivity index (χ1v) is 12.6. The number of nitrogens with one attached hydrogen (secondary N) is 1. The first-order chi connectivity index (χ1) is 16.7. The average molecular weight is 510 g/mol. The number of nitrogens with two attached hydrogens (primary N) is 1. The van der Waals surface area contributed by atoms with Crippen LogP contribution >= 0.6 is 8.18 Å². The molecule has 1 unspecified atom stereocenters. The minimum Gasteiger partial charge on any atom is -0.464 e. The van der Waals surface area contributed by atoms with Crippen molar-refractivity contribution in [2.24, 2.45) is 5.92 Å². The van der Waals surface area contributed by atoms with Crippen molar-refractivity contribution in [2.45, 2.75) is 63.6 Å². The van der Waals surface area contributed by atoms with E-state index in [9.17, 15) is 24.8 Å². The van der Waals surface area contributed by atoms with Crippen molar-refractivity contribution in [2.75, 3.05) is 18.9 Å². The second kappa shape index (κ2) is 11.4. The lowest BCUT2D eigenvalue weighted by Crippen LogP contribution is -2.41. The van der Waals surface area contributed by atoms with E-state index in [0.29, 0.717) is 5.52 Å². The van der Waals surface area contributed by atoms with Gasteiger partial charge < -0.3 is 29.9 Å². The number of hydrogen-bond donors (Lipinski definition) is 4. The predicted octanol–water partition coefficient (Wildman–Crippen LogP) is 0.515. The maximum Gasteiger partial charge on any atom is 0.323 e. The van der Waals surface area contributed by atoms with Crippen LogP contribution in [-0.2, 0) is 29.0 Å². The molecule has 0 amide bonds. The largest absolute Gasteiger partial charge is 0.464 e. The number of aliphatic hydroxyl groups is 2. The number of carbonyl (C=O) groups is 1. The molecule has 2 aromatic rings. The Morgan fingerprint density at radius 2 is 2.14 bits per heavy atom. The molecule has 3 rings (SSSR count). The average Bonchev–Trinajstić information content (AvgIpc) is 3.39. The Balaban J connectivity index is 1.62. The molecule has 0 bridgehead atoms. The second-order valence-corrected chi connectivity index (χ2v) is 9.53. The lowest BCUT2D eigenvalue weighted by Gasteiger charge is -2.24. The van der Waals surface area contributed by atoms with Crippen molar-refractivity contribution in [1.29, 1.82) is 5.26 Å². The van der Waals surface area contributed by atoms with Crippen LogP contribution in [0.3, 0.4) is 0 Å². The van der Waals surface area contributed by atoms with E-state index in [1.807, 2.05) is 19.9 Å². The molecule has 2 aromatic heterocycles. The molecule has 13 nitrogen and oxygen atoms in total. The van der Waals surface area contributed by atoms with E-state index in [2.05, 4.69) is 15.2 Å². The van der Waals surface area contributed by atoms with Crippen molar-refractivity contribution in [1.82, 2.24) is 19.7 Å². The van der Waals surface area contributed by atoms with Gasteiger partial charge in [0.15, 0.2) is 5.82 Å². The van der Waals surface area contributed by atoms with Crippen LogP contribution < -0.4 is 10.8 Å². The van der Waals surface area contributed by atoms with E-state index in [4.69, 9.17) is 19.7 Å². The SMILES string of the molecule is CCC(CC)COC(=O)[C@H](C)N[PH](=O)OC[C@H]1O[C@@](C#N)(c2ccc3c(N)ncnn23)[C@H](O)[C@@H]1O. The van der Waals surface area contributed by atoms with Crippen molar-refractivity contribution >= 4 is 25.5 Å². The lowest BCUT2D eigenvalue weighted by molar-refractivity contribution is -0.146. The van der Waals surface area contributed by atoms with Gasteiger partial charge in [0.05, 0.1) is 18.9 Å². The molecule has 6 atom stereocenters. The van der Waals surface area contributed by atoms with Gasteiger partial charge in [0.2, 0.25) is 5.60 Å². The summed E-state index contributed by atoms with van der Waals surface area (Å²) in [6.07, 6.45) is -1.44. The van der Waals surface area contributed by atoms with Crippen molar-refractivity contribution in [3.05, 3.63) is 24.2 Å². The van der Waals surface area contributed by atoms with E-state index in [1.165, 1.54) is 23.8 Å². The molecule has 1 saturated heterocycles. The monoisotopic (exact) mass is 510 g/mol. The Bertz CT molecular complexity index is 1100. The number of hydrogen-bond acceptors (Lipinski definition) is 11. The van der Waals surface area contributed by atoms with Gasteiger partial charge in [-0.05, 0) is 25.0 Å². The number of nitriles is 1. The van der Waals surface area contributed by atoms with E-state index in [0.717, 1.165) is 12.8 Å². The lowest BCUT2D eigenvalue weighted by atomic mass is 9.92.